The Bertz CT molecular complexity index is 445. The smallest absolute Gasteiger partial charge is 0.234 e. The van der Waals surface area contributed by atoms with Crippen LogP contribution >= 0.6 is 12.4 Å². The first-order chi connectivity index (χ1) is 9.20. The highest BCUT2D eigenvalue weighted by Crippen LogP contribution is 2.40. The van der Waals surface area contributed by atoms with Crippen molar-refractivity contribution in [2.45, 2.75) is 18.4 Å². The summed E-state index contributed by atoms with van der Waals surface area (Å²) in [5.41, 5.74) is 0.956. The summed E-state index contributed by atoms with van der Waals surface area (Å²) >= 11 is 0. The summed E-state index contributed by atoms with van der Waals surface area (Å²) in [7, 11) is 1.62. The van der Waals surface area contributed by atoms with Gasteiger partial charge in [0.2, 0.25) is 5.91 Å². The van der Waals surface area contributed by atoms with Crippen molar-refractivity contribution in [3.8, 4) is 0 Å². The van der Waals surface area contributed by atoms with Crippen molar-refractivity contribution < 1.29 is 13.9 Å². The number of carbonyl (C=O) groups excluding carboxylic acids is 1. The summed E-state index contributed by atoms with van der Waals surface area (Å²) in [6.07, 6.45) is 0.882. The number of amides is 1. The highest BCUT2D eigenvalue weighted by molar-refractivity contribution is 5.85. The van der Waals surface area contributed by atoms with Gasteiger partial charge < -0.3 is 15.4 Å². The largest absolute Gasteiger partial charge is 0.383 e. The van der Waals surface area contributed by atoms with Crippen LogP contribution in [0.2, 0.25) is 0 Å². The minimum Gasteiger partial charge on any atom is -0.383 e. The van der Waals surface area contributed by atoms with Crippen LogP contribution in [0.25, 0.3) is 0 Å². The topological polar surface area (TPSA) is 50.4 Å². The number of rotatable bonds is 7. The second-order valence-corrected chi connectivity index (χ2v) is 4.74. The van der Waals surface area contributed by atoms with E-state index in [4.69, 9.17) is 4.74 Å². The average Bonchev–Trinajstić information content (AvgIpc) is 3.14. The van der Waals surface area contributed by atoms with Gasteiger partial charge in [-0.15, -0.1) is 12.4 Å². The fraction of sp³-hybridized carbons (Fsp3) is 0.500. The Morgan fingerprint density at radius 3 is 3.00 bits per heavy atom. The minimum atomic E-state index is -0.226. The van der Waals surface area contributed by atoms with E-state index in [0.717, 1.165) is 12.0 Å². The van der Waals surface area contributed by atoms with Crippen LogP contribution in [0.5, 0.6) is 0 Å². The summed E-state index contributed by atoms with van der Waals surface area (Å²) in [5, 5.41) is 5.92. The van der Waals surface area contributed by atoms with Gasteiger partial charge >= 0.3 is 0 Å². The van der Waals surface area contributed by atoms with Crippen molar-refractivity contribution >= 4 is 18.3 Å². The molecule has 6 heteroatoms. The fourth-order valence-electron chi connectivity index (χ4n) is 2.09. The Labute approximate surface area is 124 Å². The predicted molar refractivity (Wildman–Crippen MR) is 77.7 cm³/mol. The molecular formula is C14H20ClFN2O2. The molecule has 1 amide bonds. The molecule has 1 aromatic carbocycles. The van der Waals surface area contributed by atoms with Crippen molar-refractivity contribution in [1.82, 2.24) is 10.6 Å². The van der Waals surface area contributed by atoms with E-state index in [1.807, 2.05) is 6.07 Å². The fourth-order valence-corrected chi connectivity index (χ4v) is 2.09. The summed E-state index contributed by atoms with van der Waals surface area (Å²) in [6, 6.07) is 6.70. The van der Waals surface area contributed by atoms with E-state index in [0.29, 0.717) is 13.2 Å². The molecule has 1 aliphatic carbocycles. The first kappa shape index (κ1) is 16.9. The van der Waals surface area contributed by atoms with Crippen LogP contribution in [0.4, 0.5) is 4.39 Å². The van der Waals surface area contributed by atoms with Crippen molar-refractivity contribution in [3.63, 3.8) is 0 Å². The number of nitrogens with one attached hydrogen (secondary N) is 2. The molecular weight excluding hydrogens is 283 g/mol. The standard InChI is InChI=1S/C14H19FN2O2.ClH/c1-19-6-5-16-9-14(18)17-13-8-12(13)10-3-2-4-11(15)7-10;/h2-4,7,12-13,16H,5-6,8-9H2,1H3,(H,17,18);1H. The van der Waals surface area contributed by atoms with Crippen LogP contribution in [0.1, 0.15) is 17.9 Å². The molecule has 1 saturated carbocycles. The monoisotopic (exact) mass is 302 g/mol. The molecule has 0 radical (unpaired) electrons. The van der Waals surface area contributed by atoms with E-state index in [2.05, 4.69) is 10.6 Å². The van der Waals surface area contributed by atoms with Gasteiger partial charge in [-0.05, 0) is 24.1 Å². The summed E-state index contributed by atoms with van der Waals surface area (Å²) < 4.78 is 17.9. The lowest BCUT2D eigenvalue weighted by Crippen LogP contribution is -2.36. The Morgan fingerprint density at radius 2 is 2.30 bits per heavy atom. The van der Waals surface area contributed by atoms with Gasteiger partial charge in [0.15, 0.2) is 0 Å². The second kappa shape index (κ2) is 8.19. The predicted octanol–water partition coefficient (Wildman–Crippen LogP) is 1.46. The van der Waals surface area contributed by atoms with Crippen LogP contribution in [-0.2, 0) is 9.53 Å². The third-order valence-corrected chi connectivity index (χ3v) is 3.18. The minimum absolute atomic E-state index is 0. The molecule has 2 rings (SSSR count). The van der Waals surface area contributed by atoms with Crippen molar-refractivity contribution in [2.75, 3.05) is 26.8 Å². The van der Waals surface area contributed by atoms with E-state index in [1.54, 1.807) is 13.2 Å². The van der Waals surface area contributed by atoms with Gasteiger partial charge in [-0.1, -0.05) is 12.1 Å². The van der Waals surface area contributed by atoms with E-state index in [-0.39, 0.29) is 42.6 Å². The molecule has 0 aliphatic heterocycles. The molecule has 1 aromatic rings. The number of hydrogen-bond acceptors (Lipinski definition) is 3. The van der Waals surface area contributed by atoms with Crippen molar-refractivity contribution in [3.05, 3.63) is 35.6 Å². The molecule has 112 valence electrons. The number of benzene rings is 1. The molecule has 0 saturated heterocycles. The van der Waals surface area contributed by atoms with E-state index in [1.165, 1.54) is 12.1 Å². The molecule has 2 atom stereocenters. The lowest BCUT2D eigenvalue weighted by atomic mass is 10.1. The van der Waals surface area contributed by atoms with Gasteiger partial charge in [0.05, 0.1) is 13.2 Å². The maximum atomic E-state index is 13.1. The number of hydrogen-bond donors (Lipinski definition) is 2. The molecule has 2 unspecified atom stereocenters. The third kappa shape index (κ3) is 5.07. The molecule has 0 aromatic heterocycles. The molecule has 2 N–H and O–H groups in total. The van der Waals surface area contributed by atoms with Crippen molar-refractivity contribution in [2.24, 2.45) is 0 Å². The highest BCUT2D eigenvalue weighted by Gasteiger charge is 2.39. The quantitative estimate of drug-likeness (QED) is 0.750. The molecule has 0 heterocycles. The van der Waals surface area contributed by atoms with Crippen LogP contribution in [0.15, 0.2) is 24.3 Å². The number of halogens is 2. The third-order valence-electron chi connectivity index (χ3n) is 3.18. The Hall–Kier alpha value is -1.17. The lowest BCUT2D eigenvalue weighted by molar-refractivity contribution is -0.120. The molecule has 0 spiro atoms. The van der Waals surface area contributed by atoms with Gasteiger partial charge in [-0.25, -0.2) is 4.39 Å². The Morgan fingerprint density at radius 1 is 1.50 bits per heavy atom. The highest BCUT2D eigenvalue weighted by atomic mass is 35.5. The normalized spacial score (nSPS) is 20.1. The van der Waals surface area contributed by atoms with Gasteiger partial charge in [-0.3, -0.25) is 4.79 Å². The first-order valence-electron chi connectivity index (χ1n) is 6.45. The van der Waals surface area contributed by atoms with Crippen LogP contribution < -0.4 is 10.6 Å². The van der Waals surface area contributed by atoms with Gasteiger partial charge in [0.25, 0.3) is 0 Å². The molecule has 20 heavy (non-hydrogen) atoms. The zero-order valence-electron chi connectivity index (χ0n) is 11.4. The number of carbonyl (C=O) groups is 1. The molecule has 0 bridgehead atoms. The Kier molecular flexibility index (Phi) is 6.91. The maximum absolute atomic E-state index is 13.1. The zero-order chi connectivity index (χ0) is 13.7. The molecule has 4 nitrogen and oxygen atoms in total. The summed E-state index contributed by atoms with van der Waals surface area (Å²) in [6.45, 7) is 1.53. The maximum Gasteiger partial charge on any atom is 0.234 e. The second-order valence-electron chi connectivity index (χ2n) is 4.74. The zero-order valence-corrected chi connectivity index (χ0v) is 12.2. The van der Waals surface area contributed by atoms with Crippen LogP contribution in [0.3, 0.4) is 0 Å². The first-order valence-corrected chi connectivity index (χ1v) is 6.45. The van der Waals surface area contributed by atoms with E-state index >= 15 is 0 Å². The summed E-state index contributed by atoms with van der Waals surface area (Å²) in [4.78, 5) is 11.6. The van der Waals surface area contributed by atoms with Gasteiger partial charge in [0, 0.05) is 25.6 Å². The van der Waals surface area contributed by atoms with Gasteiger partial charge in [0.1, 0.15) is 5.82 Å². The summed E-state index contributed by atoms with van der Waals surface area (Å²) in [5.74, 6) is -0.00524. The van der Waals surface area contributed by atoms with Gasteiger partial charge in [-0.2, -0.15) is 0 Å². The number of methoxy groups -OCH3 is 1. The van der Waals surface area contributed by atoms with Crippen molar-refractivity contribution in [1.29, 1.82) is 0 Å². The molecule has 1 fully saturated rings. The lowest BCUT2D eigenvalue weighted by Gasteiger charge is -2.06. The molecule has 1 aliphatic rings. The number of ether oxygens (including phenoxy) is 1. The SMILES string of the molecule is COCCNCC(=O)NC1CC1c1cccc(F)c1.Cl. The van der Waals surface area contributed by atoms with Crippen LogP contribution in [-0.4, -0.2) is 38.8 Å². The average molecular weight is 303 g/mol. The van der Waals surface area contributed by atoms with E-state index < -0.39 is 0 Å². The van der Waals surface area contributed by atoms with Crippen LogP contribution in [0, 0.1) is 5.82 Å². The Balaban J connectivity index is 0.00000200. The van der Waals surface area contributed by atoms with E-state index in [9.17, 15) is 9.18 Å².